The highest BCUT2D eigenvalue weighted by atomic mass is 19.3. The molecule has 0 fully saturated rings. The summed E-state index contributed by atoms with van der Waals surface area (Å²) in [6.45, 7) is 2.44. The molecule has 5 aromatic heterocycles. The Morgan fingerprint density at radius 1 is 1.15 bits per heavy atom. The lowest BCUT2D eigenvalue weighted by molar-refractivity contribution is 0.143. The molecule has 0 aliphatic carbocycles. The maximum atomic E-state index is 13.5. The first kappa shape index (κ1) is 19.5. The fourth-order valence-corrected chi connectivity index (χ4v) is 4.23. The van der Waals surface area contributed by atoms with Crippen molar-refractivity contribution < 1.29 is 13.2 Å². The van der Waals surface area contributed by atoms with E-state index in [1.165, 1.54) is 10.6 Å². The molecule has 1 aliphatic rings. The summed E-state index contributed by atoms with van der Waals surface area (Å²) in [5, 5.41) is 13.0. The number of nitrogens with zero attached hydrogens (tertiary/aromatic N) is 7. The highest BCUT2D eigenvalue weighted by Gasteiger charge is 2.36. The van der Waals surface area contributed by atoms with Crippen LogP contribution in [0.25, 0.3) is 17.1 Å². The molecule has 1 N–H and O–H groups in total. The number of alkyl halides is 2. The summed E-state index contributed by atoms with van der Waals surface area (Å²) in [6, 6.07) is 11.9. The molecule has 0 radical (unpaired) electrons. The highest BCUT2D eigenvalue weighted by Crippen LogP contribution is 2.37. The molecular formula is C22H18F2N8O. The van der Waals surface area contributed by atoms with E-state index in [-0.39, 0.29) is 11.7 Å². The molecule has 0 saturated heterocycles. The van der Waals surface area contributed by atoms with Crippen molar-refractivity contribution in [2.24, 2.45) is 0 Å². The first-order valence-electron chi connectivity index (χ1n) is 10.4. The van der Waals surface area contributed by atoms with Crippen LogP contribution in [0.5, 0.6) is 0 Å². The molecule has 9 nitrogen and oxygen atoms in total. The van der Waals surface area contributed by atoms with Gasteiger partial charge in [0.15, 0.2) is 0 Å². The molecule has 1 aliphatic heterocycles. The van der Waals surface area contributed by atoms with Gasteiger partial charge in [-0.3, -0.25) is 0 Å². The van der Waals surface area contributed by atoms with Crippen molar-refractivity contribution in [1.82, 2.24) is 34.8 Å². The zero-order valence-corrected chi connectivity index (χ0v) is 17.5. The zero-order chi connectivity index (χ0) is 22.5. The highest BCUT2D eigenvalue weighted by molar-refractivity contribution is 5.54. The van der Waals surface area contributed by atoms with E-state index in [0.717, 1.165) is 17.1 Å². The Morgan fingerprint density at radius 2 is 2.03 bits per heavy atom. The van der Waals surface area contributed by atoms with Gasteiger partial charge in [0.1, 0.15) is 17.4 Å². The minimum absolute atomic E-state index is 0.172. The normalized spacial score (nSPS) is 16.0. The fraction of sp³-hybridized carbons (Fsp3) is 0.227. The summed E-state index contributed by atoms with van der Waals surface area (Å²) in [5.74, 6) is 0.301. The minimum Gasteiger partial charge on any atom is -0.402 e. The molecule has 33 heavy (non-hydrogen) atoms. The second kappa shape index (κ2) is 7.47. The van der Waals surface area contributed by atoms with Crippen LogP contribution in [-0.2, 0) is 6.42 Å². The number of hydrogen-bond donors (Lipinski definition) is 1. The van der Waals surface area contributed by atoms with Gasteiger partial charge in [-0.2, -0.15) is 5.10 Å². The van der Waals surface area contributed by atoms with Crippen LogP contribution < -0.4 is 4.90 Å². The van der Waals surface area contributed by atoms with E-state index < -0.39 is 12.5 Å². The Balaban J connectivity index is 1.45. The zero-order valence-electron chi connectivity index (χ0n) is 17.5. The van der Waals surface area contributed by atoms with Crippen LogP contribution in [0.4, 0.5) is 14.8 Å². The summed E-state index contributed by atoms with van der Waals surface area (Å²) in [5.41, 5.74) is 4.08. The van der Waals surface area contributed by atoms with E-state index in [2.05, 4.69) is 30.2 Å². The number of anilines is 1. The fourth-order valence-electron chi connectivity index (χ4n) is 4.23. The molecule has 1 atom stereocenters. The number of aromatic amines is 1. The van der Waals surface area contributed by atoms with Gasteiger partial charge in [-0.15, -0.1) is 5.10 Å². The molecule has 166 valence electrons. The van der Waals surface area contributed by atoms with E-state index >= 15 is 0 Å². The number of halogens is 2. The maximum absolute atomic E-state index is 13.5. The molecular weight excluding hydrogens is 430 g/mol. The Hall–Kier alpha value is -4.15. The third kappa shape index (κ3) is 3.23. The third-order valence-electron chi connectivity index (χ3n) is 5.73. The monoisotopic (exact) mass is 448 g/mol. The summed E-state index contributed by atoms with van der Waals surface area (Å²) in [6.07, 6.45) is -0.343. The van der Waals surface area contributed by atoms with E-state index in [0.29, 0.717) is 35.8 Å². The van der Waals surface area contributed by atoms with Crippen LogP contribution in [0, 0.1) is 6.92 Å². The standard InChI is InChI=1S/C22H18F2N8O/c1-12-4-2-6-15(27-12)21-28-29-22(33-21)31-9-8-14-18(26-11-25-14)19(31)16-10-13-5-3-7-17(20(23)24)32(13)30-16/h2-7,10-11,19-20H,8-9H2,1H3,(H,25,26)/t19-/m1/s1. The van der Waals surface area contributed by atoms with Gasteiger partial charge in [0, 0.05) is 24.4 Å². The van der Waals surface area contributed by atoms with E-state index in [4.69, 9.17) is 4.42 Å². The SMILES string of the molecule is Cc1cccc(-c2nnc(N3CCc4[nH]cnc4[C@H]3c3cc4cccc(C(F)F)n4n3)o2)n1. The van der Waals surface area contributed by atoms with E-state index in [9.17, 15) is 8.78 Å². The Labute approximate surface area is 186 Å². The molecule has 6 rings (SSSR count). The van der Waals surface area contributed by atoms with Gasteiger partial charge in [-0.05, 0) is 37.3 Å². The van der Waals surface area contributed by atoms with E-state index in [1.807, 2.05) is 24.0 Å². The molecule has 0 saturated carbocycles. The Kier molecular flexibility index (Phi) is 4.42. The van der Waals surface area contributed by atoms with E-state index in [1.54, 1.807) is 30.6 Å². The lowest BCUT2D eigenvalue weighted by Crippen LogP contribution is -2.37. The molecule has 0 amide bonds. The first-order valence-corrected chi connectivity index (χ1v) is 10.4. The molecule has 6 heterocycles. The lowest BCUT2D eigenvalue weighted by atomic mass is 10.0. The number of rotatable bonds is 4. The van der Waals surface area contributed by atoms with Crippen molar-refractivity contribution in [2.45, 2.75) is 25.8 Å². The third-order valence-corrected chi connectivity index (χ3v) is 5.73. The smallest absolute Gasteiger partial charge is 0.319 e. The number of fused-ring (bicyclic) bond motifs is 2. The summed E-state index contributed by atoms with van der Waals surface area (Å²) >= 11 is 0. The van der Waals surface area contributed by atoms with Crippen LogP contribution in [-0.4, -0.2) is 41.3 Å². The Bertz CT molecular complexity index is 1460. The molecule has 5 aromatic rings. The van der Waals surface area contributed by atoms with Crippen LogP contribution in [0.3, 0.4) is 0 Å². The number of aryl methyl sites for hydroxylation is 1. The van der Waals surface area contributed by atoms with Gasteiger partial charge < -0.3 is 14.3 Å². The number of H-pyrrole nitrogens is 1. The summed E-state index contributed by atoms with van der Waals surface area (Å²) in [7, 11) is 0. The van der Waals surface area contributed by atoms with Gasteiger partial charge in [0.2, 0.25) is 0 Å². The summed E-state index contributed by atoms with van der Waals surface area (Å²) in [4.78, 5) is 14.0. The largest absolute Gasteiger partial charge is 0.402 e. The number of nitrogens with one attached hydrogen (secondary N) is 1. The van der Waals surface area contributed by atoms with Gasteiger partial charge in [0.25, 0.3) is 12.3 Å². The quantitative estimate of drug-likeness (QED) is 0.445. The number of imidazole rings is 1. The van der Waals surface area contributed by atoms with Gasteiger partial charge in [-0.25, -0.2) is 23.3 Å². The van der Waals surface area contributed by atoms with Crippen molar-refractivity contribution in [3.8, 4) is 11.6 Å². The van der Waals surface area contributed by atoms with Crippen molar-refractivity contribution >= 4 is 11.5 Å². The first-order chi connectivity index (χ1) is 16.1. The molecule has 0 spiro atoms. The second-order valence-corrected chi connectivity index (χ2v) is 7.82. The molecule has 0 aromatic carbocycles. The maximum Gasteiger partial charge on any atom is 0.319 e. The number of hydrogen-bond acceptors (Lipinski definition) is 7. The van der Waals surface area contributed by atoms with Crippen LogP contribution in [0.1, 0.15) is 40.9 Å². The summed E-state index contributed by atoms with van der Waals surface area (Å²) < 4.78 is 34.4. The van der Waals surface area contributed by atoms with Gasteiger partial charge >= 0.3 is 6.01 Å². The predicted molar refractivity (Wildman–Crippen MR) is 114 cm³/mol. The van der Waals surface area contributed by atoms with Gasteiger partial charge in [0.05, 0.1) is 23.2 Å². The molecule has 11 heteroatoms. The lowest BCUT2D eigenvalue weighted by Gasteiger charge is -2.32. The molecule has 0 bridgehead atoms. The predicted octanol–water partition coefficient (Wildman–Crippen LogP) is 3.90. The topological polar surface area (TPSA) is 101 Å². The van der Waals surface area contributed by atoms with Crippen molar-refractivity contribution in [3.63, 3.8) is 0 Å². The van der Waals surface area contributed by atoms with Crippen molar-refractivity contribution in [2.75, 3.05) is 11.4 Å². The minimum atomic E-state index is -2.65. The second-order valence-electron chi connectivity index (χ2n) is 7.82. The van der Waals surface area contributed by atoms with Crippen LogP contribution >= 0.6 is 0 Å². The molecule has 0 unspecified atom stereocenters. The number of pyridine rings is 2. The van der Waals surface area contributed by atoms with Crippen molar-refractivity contribution in [1.29, 1.82) is 0 Å². The number of aromatic nitrogens is 7. The van der Waals surface area contributed by atoms with Gasteiger partial charge in [-0.1, -0.05) is 17.2 Å². The van der Waals surface area contributed by atoms with Crippen molar-refractivity contribution in [3.05, 3.63) is 77.3 Å². The van der Waals surface area contributed by atoms with Crippen LogP contribution in [0.2, 0.25) is 0 Å². The average molecular weight is 448 g/mol. The van der Waals surface area contributed by atoms with Crippen LogP contribution in [0.15, 0.2) is 53.2 Å². The average Bonchev–Trinajstić information content (AvgIpc) is 3.56. The Morgan fingerprint density at radius 3 is 2.88 bits per heavy atom.